The Morgan fingerprint density at radius 3 is 2.67 bits per heavy atom. The summed E-state index contributed by atoms with van der Waals surface area (Å²) in [6, 6.07) is 0. The molecule has 72 valence electrons. The van der Waals surface area contributed by atoms with Crippen LogP contribution in [0, 0.1) is 5.92 Å². The van der Waals surface area contributed by atoms with Crippen LogP contribution in [0.15, 0.2) is 0 Å². The molecule has 0 radical (unpaired) electrons. The third kappa shape index (κ3) is 2.02. The molecule has 1 fully saturated rings. The van der Waals surface area contributed by atoms with Gasteiger partial charge in [-0.3, -0.25) is 0 Å². The fourth-order valence-electron chi connectivity index (χ4n) is 1.61. The fraction of sp³-hybridized carbons (Fsp3) is 1.00. The van der Waals surface area contributed by atoms with Crippen LogP contribution in [-0.2, 0) is 11.1 Å². The summed E-state index contributed by atoms with van der Waals surface area (Å²) in [7, 11) is 0. The van der Waals surface area contributed by atoms with Crippen molar-refractivity contribution in [2.45, 2.75) is 30.7 Å². The largest absolute Gasteiger partial charge is 0.396 e. The number of hydrogen-bond donors (Lipinski definition) is 2. The molecule has 1 saturated carbocycles. The van der Waals surface area contributed by atoms with Gasteiger partial charge in [0, 0.05) is 12.5 Å². The topological polar surface area (TPSA) is 57.5 Å². The molecule has 2 N–H and O–H groups in total. The summed E-state index contributed by atoms with van der Waals surface area (Å²) < 4.78 is 32.6. The monoisotopic (exact) mass is 196 g/mol. The molecule has 0 spiro atoms. The Labute approximate surface area is 73.3 Å². The van der Waals surface area contributed by atoms with Crippen molar-refractivity contribution in [2.24, 2.45) is 5.92 Å². The zero-order valence-electron chi connectivity index (χ0n) is 6.65. The lowest BCUT2D eigenvalue weighted by Crippen LogP contribution is -2.38. The maximum absolute atomic E-state index is 13.3. The molecule has 0 aromatic rings. The van der Waals surface area contributed by atoms with Crippen LogP contribution in [-0.4, -0.2) is 31.9 Å². The lowest BCUT2D eigenvalue weighted by Gasteiger charge is -2.29. The van der Waals surface area contributed by atoms with Crippen LogP contribution in [0.1, 0.15) is 19.3 Å². The van der Waals surface area contributed by atoms with Crippen LogP contribution >= 0.6 is 0 Å². The fourth-order valence-corrected chi connectivity index (χ4v) is 2.42. The Kier molecular flexibility index (Phi) is 3.61. The zero-order valence-corrected chi connectivity index (χ0v) is 7.47. The average molecular weight is 196 g/mol. The molecule has 1 aliphatic rings. The first-order chi connectivity index (χ1) is 5.66. The number of halogens is 1. The second-order valence-electron chi connectivity index (χ2n) is 3.13. The second kappa shape index (κ2) is 4.30. The summed E-state index contributed by atoms with van der Waals surface area (Å²) >= 11 is -2.09. The molecule has 0 heterocycles. The van der Waals surface area contributed by atoms with Gasteiger partial charge in [0.15, 0.2) is 11.1 Å². The van der Waals surface area contributed by atoms with Crippen LogP contribution in [0.3, 0.4) is 0 Å². The molecule has 0 bridgehead atoms. The highest BCUT2D eigenvalue weighted by atomic mass is 32.2. The Balaban J connectivity index is 2.59. The van der Waals surface area contributed by atoms with Crippen LogP contribution in [0.25, 0.3) is 0 Å². The van der Waals surface area contributed by atoms with E-state index in [9.17, 15) is 8.60 Å². The van der Waals surface area contributed by atoms with Gasteiger partial charge >= 0.3 is 0 Å². The first kappa shape index (κ1) is 10.1. The molecule has 1 rings (SSSR count). The normalized spacial score (nSPS) is 39.4. The van der Waals surface area contributed by atoms with Gasteiger partial charge < -0.3 is 9.66 Å². The van der Waals surface area contributed by atoms with E-state index < -0.39 is 28.4 Å². The highest BCUT2D eigenvalue weighted by molar-refractivity contribution is 7.79. The van der Waals surface area contributed by atoms with Gasteiger partial charge in [-0.05, 0) is 12.8 Å². The molecule has 12 heavy (non-hydrogen) atoms. The molecule has 5 heteroatoms. The van der Waals surface area contributed by atoms with Gasteiger partial charge in [-0.1, -0.05) is 6.42 Å². The SMILES string of the molecule is O=S(O)C1CCCC(CO)C1F. The van der Waals surface area contributed by atoms with Crippen molar-refractivity contribution in [3.63, 3.8) is 0 Å². The van der Waals surface area contributed by atoms with E-state index in [2.05, 4.69) is 0 Å². The first-order valence-electron chi connectivity index (χ1n) is 4.01. The van der Waals surface area contributed by atoms with Gasteiger partial charge in [-0.15, -0.1) is 0 Å². The van der Waals surface area contributed by atoms with Crippen LogP contribution in [0.4, 0.5) is 4.39 Å². The quantitative estimate of drug-likeness (QED) is 0.639. The summed E-state index contributed by atoms with van der Waals surface area (Å²) in [5.74, 6) is -0.445. The minimum absolute atomic E-state index is 0.227. The van der Waals surface area contributed by atoms with Gasteiger partial charge in [0.1, 0.15) is 6.17 Å². The molecule has 1 aliphatic carbocycles. The summed E-state index contributed by atoms with van der Waals surface area (Å²) in [6.07, 6.45) is 0.462. The van der Waals surface area contributed by atoms with Crippen LogP contribution in [0.2, 0.25) is 0 Å². The van der Waals surface area contributed by atoms with Gasteiger partial charge in [0.25, 0.3) is 0 Å². The summed E-state index contributed by atoms with van der Waals surface area (Å²) in [4.78, 5) is 0. The van der Waals surface area contributed by atoms with E-state index in [1.165, 1.54) is 0 Å². The maximum Gasteiger partial charge on any atom is 0.158 e. The number of rotatable bonds is 2. The summed E-state index contributed by atoms with van der Waals surface area (Å²) in [5, 5.41) is 7.94. The minimum Gasteiger partial charge on any atom is -0.396 e. The lowest BCUT2D eigenvalue weighted by molar-refractivity contribution is 0.103. The van der Waals surface area contributed by atoms with Crippen LogP contribution < -0.4 is 0 Å². The van der Waals surface area contributed by atoms with Gasteiger partial charge in [0.05, 0.1) is 5.25 Å². The minimum atomic E-state index is -2.09. The van der Waals surface area contributed by atoms with Crippen molar-refractivity contribution < 1.29 is 18.3 Å². The third-order valence-electron chi connectivity index (χ3n) is 2.36. The maximum atomic E-state index is 13.3. The van der Waals surface area contributed by atoms with E-state index in [0.29, 0.717) is 12.8 Å². The average Bonchev–Trinajstić information content (AvgIpc) is 2.04. The number of hydrogen-bond acceptors (Lipinski definition) is 2. The predicted octanol–water partition coefficient (Wildman–Crippen LogP) is 0.707. The van der Waals surface area contributed by atoms with Crippen LogP contribution in [0.5, 0.6) is 0 Å². The smallest absolute Gasteiger partial charge is 0.158 e. The summed E-state index contributed by atoms with van der Waals surface area (Å²) in [5.41, 5.74) is 0. The zero-order chi connectivity index (χ0) is 9.14. The summed E-state index contributed by atoms with van der Waals surface area (Å²) in [6.45, 7) is -0.227. The van der Waals surface area contributed by atoms with E-state index in [1.54, 1.807) is 0 Å². The molecular formula is C7H13FO3S. The predicted molar refractivity (Wildman–Crippen MR) is 43.9 cm³/mol. The van der Waals surface area contributed by atoms with E-state index in [4.69, 9.17) is 9.66 Å². The molecule has 0 aromatic heterocycles. The standard InChI is InChI=1S/C7H13FO3S/c8-7-5(4-9)2-1-3-6(7)12(10)11/h5-7,9H,1-4H2,(H,10,11). The van der Waals surface area contributed by atoms with Crippen molar-refractivity contribution in [1.29, 1.82) is 0 Å². The number of aliphatic hydroxyl groups is 1. The number of alkyl halides is 1. The van der Waals surface area contributed by atoms with Gasteiger partial charge in [0.2, 0.25) is 0 Å². The van der Waals surface area contributed by atoms with Gasteiger partial charge in [-0.25, -0.2) is 8.60 Å². The molecule has 0 aliphatic heterocycles. The Hall–Kier alpha value is -0.0000000000000000555. The van der Waals surface area contributed by atoms with E-state index in [-0.39, 0.29) is 6.61 Å². The number of aliphatic hydroxyl groups excluding tert-OH is 1. The molecule has 0 aromatic carbocycles. The first-order valence-corrected chi connectivity index (χ1v) is 5.18. The Bertz CT molecular complexity index is 176. The van der Waals surface area contributed by atoms with E-state index >= 15 is 0 Å². The highest BCUT2D eigenvalue weighted by Gasteiger charge is 2.36. The molecule has 3 nitrogen and oxygen atoms in total. The Morgan fingerprint density at radius 1 is 1.50 bits per heavy atom. The molecule has 0 amide bonds. The highest BCUT2D eigenvalue weighted by Crippen LogP contribution is 2.29. The van der Waals surface area contributed by atoms with Crippen molar-refractivity contribution >= 4 is 11.1 Å². The van der Waals surface area contributed by atoms with Crippen molar-refractivity contribution in [1.82, 2.24) is 0 Å². The van der Waals surface area contributed by atoms with Crippen molar-refractivity contribution in [3.8, 4) is 0 Å². The second-order valence-corrected chi connectivity index (χ2v) is 4.29. The van der Waals surface area contributed by atoms with Gasteiger partial charge in [-0.2, -0.15) is 0 Å². The lowest BCUT2D eigenvalue weighted by atomic mass is 9.88. The molecule has 0 saturated heterocycles. The molecule has 4 atom stereocenters. The van der Waals surface area contributed by atoms with Crippen molar-refractivity contribution in [2.75, 3.05) is 6.61 Å². The molecule has 4 unspecified atom stereocenters. The van der Waals surface area contributed by atoms with E-state index in [1.807, 2.05) is 0 Å². The third-order valence-corrected chi connectivity index (χ3v) is 3.38. The van der Waals surface area contributed by atoms with Crippen molar-refractivity contribution in [3.05, 3.63) is 0 Å². The molecular weight excluding hydrogens is 183 g/mol. The Morgan fingerprint density at radius 2 is 2.17 bits per heavy atom. The van der Waals surface area contributed by atoms with E-state index in [0.717, 1.165) is 6.42 Å².